The van der Waals surface area contributed by atoms with E-state index in [1.165, 1.54) is 18.2 Å². The molecule has 0 aliphatic carbocycles. The van der Waals surface area contributed by atoms with E-state index in [0.29, 0.717) is 0 Å². The number of nitro groups is 1. The first-order valence-electron chi connectivity index (χ1n) is 8.52. The SMILES string of the molecule is CC(O)S(=O)(=O)c1ccc(Nc2ccc3c(O)cc(S(=O)(=O)O)cc3c2)c([N+](=O)[O-])c1. The number of nitrogens with one attached hydrogen (secondary N) is 1. The normalized spacial score (nSPS) is 13.1. The third-order valence-electron chi connectivity index (χ3n) is 4.42. The van der Waals surface area contributed by atoms with Gasteiger partial charge in [0.05, 0.1) is 14.7 Å². The molecule has 0 amide bonds. The molecule has 0 aromatic heterocycles. The van der Waals surface area contributed by atoms with Crippen LogP contribution in [0.15, 0.2) is 58.3 Å². The van der Waals surface area contributed by atoms with E-state index in [4.69, 9.17) is 0 Å². The number of rotatable bonds is 6. The molecule has 0 aliphatic heterocycles. The Morgan fingerprint density at radius 3 is 2.26 bits per heavy atom. The van der Waals surface area contributed by atoms with Crippen molar-refractivity contribution >= 4 is 47.8 Å². The van der Waals surface area contributed by atoms with Crippen LogP contribution in [0.25, 0.3) is 10.8 Å². The number of phenols is 1. The van der Waals surface area contributed by atoms with Crippen LogP contribution in [-0.4, -0.2) is 42.0 Å². The molecular formula is C18H16N2O9S2. The van der Waals surface area contributed by atoms with Crippen molar-refractivity contribution in [2.45, 2.75) is 22.2 Å². The van der Waals surface area contributed by atoms with Crippen LogP contribution >= 0.6 is 0 Å². The number of aliphatic hydroxyl groups excluding tert-OH is 1. The van der Waals surface area contributed by atoms with Gasteiger partial charge in [0.15, 0.2) is 5.44 Å². The number of aliphatic hydroxyl groups is 1. The van der Waals surface area contributed by atoms with E-state index in [0.717, 1.165) is 37.3 Å². The second-order valence-corrected chi connectivity index (χ2v) is 10.2. The molecule has 164 valence electrons. The molecule has 3 aromatic rings. The molecule has 0 radical (unpaired) electrons. The van der Waals surface area contributed by atoms with Crippen LogP contribution in [0.1, 0.15) is 6.92 Å². The Balaban J connectivity index is 2.08. The van der Waals surface area contributed by atoms with Crippen molar-refractivity contribution in [1.82, 2.24) is 0 Å². The molecule has 3 aromatic carbocycles. The molecule has 1 unspecified atom stereocenters. The highest BCUT2D eigenvalue weighted by Crippen LogP contribution is 2.34. The van der Waals surface area contributed by atoms with Gasteiger partial charge in [0.2, 0.25) is 9.84 Å². The molecule has 31 heavy (non-hydrogen) atoms. The first-order valence-corrected chi connectivity index (χ1v) is 11.5. The largest absolute Gasteiger partial charge is 0.507 e. The lowest BCUT2D eigenvalue weighted by Gasteiger charge is -2.12. The number of nitrogens with zero attached hydrogens (tertiary/aromatic N) is 1. The molecule has 0 saturated heterocycles. The number of hydrogen-bond donors (Lipinski definition) is 4. The summed E-state index contributed by atoms with van der Waals surface area (Å²) in [5.41, 5.74) is -2.13. The smallest absolute Gasteiger partial charge is 0.294 e. The first kappa shape index (κ1) is 22.4. The van der Waals surface area contributed by atoms with Gasteiger partial charge in [0.1, 0.15) is 11.4 Å². The van der Waals surface area contributed by atoms with E-state index in [1.807, 2.05) is 0 Å². The van der Waals surface area contributed by atoms with Gasteiger partial charge < -0.3 is 15.5 Å². The summed E-state index contributed by atoms with van der Waals surface area (Å²) in [7, 11) is -8.74. The van der Waals surface area contributed by atoms with Crippen molar-refractivity contribution < 1.29 is 36.5 Å². The molecule has 0 saturated carbocycles. The van der Waals surface area contributed by atoms with E-state index in [2.05, 4.69) is 5.32 Å². The Bertz CT molecular complexity index is 1420. The topological polar surface area (TPSA) is 184 Å². The fourth-order valence-corrected chi connectivity index (χ4v) is 4.31. The van der Waals surface area contributed by atoms with Gasteiger partial charge in [0, 0.05) is 23.2 Å². The van der Waals surface area contributed by atoms with Gasteiger partial charge in [-0.05, 0) is 48.7 Å². The average Bonchev–Trinajstić information content (AvgIpc) is 2.66. The summed E-state index contributed by atoms with van der Waals surface area (Å²) in [6, 6.07) is 9.34. The summed E-state index contributed by atoms with van der Waals surface area (Å²) in [6.07, 6.45) is 0. The molecule has 0 heterocycles. The van der Waals surface area contributed by atoms with Crippen molar-refractivity contribution in [1.29, 1.82) is 0 Å². The lowest BCUT2D eigenvalue weighted by atomic mass is 10.1. The monoisotopic (exact) mass is 468 g/mol. The first-order chi connectivity index (χ1) is 14.3. The van der Waals surface area contributed by atoms with Crippen LogP contribution in [0.5, 0.6) is 5.75 Å². The van der Waals surface area contributed by atoms with Gasteiger partial charge in [-0.3, -0.25) is 14.7 Å². The van der Waals surface area contributed by atoms with E-state index >= 15 is 0 Å². The molecule has 3 rings (SSSR count). The standard InChI is InChI=1S/C18H16N2O9S2/c1-10(21)30(25,26)13-3-5-16(17(8-13)20(23)24)19-12-2-4-15-11(6-12)7-14(9-18(15)22)31(27,28)29/h2-10,19,21-22H,1H3,(H,27,28,29). The minimum Gasteiger partial charge on any atom is -0.507 e. The Kier molecular flexibility index (Phi) is 5.62. The molecule has 0 spiro atoms. The number of benzene rings is 3. The summed E-state index contributed by atoms with van der Waals surface area (Å²) >= 11 is 0. The number of nitro benzene ring substituents is 1. The second kappa shape index (κ2) is 7.77. The van der Waals surface area contributed by atoms with E-state index < -0.39 is 51.5 Å². The third kappa shape index (κ3) is 4.44. The number of sulfone groups is 1. The molecule has 11 nitrogen and oxygen atoms in total. The van der Waals surface area contributed by atoms with Crippen molar-refractivity contribution in [3.63, 3.8) is 0 Å². The molecule has 13 heteroatoms. The molecule has 0 aliphatic rings. The minimum absolute atomic E-state index is 0.0657. The van der Waals surface area contributed by atoms with Gasteiger partial charge in [0.25, 0.3) is 15.8 Å². The van der Waals surface area contributed by atoms with Gasteiger partial charge in [-0.1, -0.05) is 0 Å². The van der Waals surface area contributed by atoms with Crippen LogP contribution in [0, 0.1) is 10.1 Å². The Morgan fingerprint density at radius 2 is 1.68 bits per heavy atom. The Hall–Kier alpha value is -3.26. The average molecular weight is 468 g/mol. The Labute approximate surface area is 176 Å². The third-order valence-corrected chi connectivity index (χ3v) is 7.07. The predicted molar refractivity (Wildman–Crippen MR) is 111 cm³/mol. The van der Waals surface area contributed by atoms with Crippen molar-refractivity contribution in [3.05, 3.63) is 58.6 Å². The summed E-state index contributed by atoms with van der Waals surface area (Å²) in [5, 5.41) is 34.1. The van der Waals surface area contributed by atoms with Crippen LogP contribution in [0.3, 0.4) is 0 Å². The van der Waals surface area contributed by atoms with Crippen LogP contribution in [-0.2, 0) is 20.0 Å². The molecule has 0 bridgehead atoms. The summed E-state index contributed by atoms with van der Waals surface area (Å²) in [4.78, 5) is 9.69. The predicted octanol–water partition coefficient (Wildman–Crippen LogP) is 2.56. The lowest BCUT2D eigenvalue weighted by molar-refractivity contribution is -0.384. The van der Waals surface area contributed by atoms with Crippen LogP contribution < -0.4 is 5.32 Å². The number of fused-ring (bicyclic) bond motifs is 1. The van der Waals surface area contributed by atoms with Gasteiger partial charge >= 0.3 is 0 Å². The summed E-state index contributed by atoms with van der Waals surface area (Å²) in [6.45, 7) is 1.03. The van der Waals surface area contributed by atoms with Crippen molar-refractivity contribution in [2.75, 3.05) is 5.32 Å². The quantitative estimate of drug-likeness (QED) is 0.238. The van der Waals surface area contributed by atoms with Gasteiger partial charge in [-0.25, -0.2) is 8.42 Å². The summed E-state index contributed by atoms with van der Waals surface area (Å²) in [5.74, 6) is -0.393. The zero-order chi connectivity index (χ0) is 23.1. The molecule has 1 atom stereocenters. The van der Waals surface area contributed by atoms with Crippen molar-refractivity contribution in [3.8, 4) is 5.75 Å². The Morgan fingerprint density at radius 1 is 1.00 bits per heavy atom. The maximum Gasteiger partial charge on any atom is 0.294 e. The maximum atomic E-state index is 12.1. The maximum absolute atomic E-state index is 12.1. The molecular weight excluding hydrogens is 452 g/mol. The second-order valence-electron chi connectivity index (χ2n) is 6.56. The number of aromatic hydroxyl groups is 1. The fraction of sp³-hybridized carbons (Fsp3) is 0.111. The highest BCUT2D eigenvalue weighted by atomic mass is 32.2. The number of anilines is 2. The zero-order valence-electron chi connectivity index (χ0n) is 15.8. The lowest BCUT2D eigenvalue weighted by Crippen LogP contribution is -2.17. The van der Waals surface area contributed by atoms with Gasteiger partial charge in [-0.2, -0.15) is 8.42 Å². The van der Waals surface area contributed by atoms with Crippen molar-refractivity contribution in [2.24, 2.45) is 0 Å². The van der Waals surface area contributed by atoms with E-state index in [-0.39, 0.29) is 22.1 Å². The van der Waals surface area contributed by atoms with Crippen LogP contribution in [0.4, 0.5) is 17.1 Å². The summed E-state index contributed by atoms with van der Waals surface area (Å²) < 4.78 is 56.1. The molecule has 4 N–H and O–H groups in total. The fourth-order valence-electron chi connectivity index (χ4n) is 2.85. The number of phenolic OH excluding ortho intramolecular Hbond substituents is 1. The highest BCUT2D eigenvalue weighted by Gasteiger charge is 2.25. The molecule has 0 fully saturated rings. The minimum atomic E-state index is -4.58. The van der Waals surface area contributed by atoms with E-state index in [1.54, 1.807) is 0 Å². The van der Waals surface area contributed by atoms with Crippen LogP contribution in [0.2, 0.25) is 0 Å². The number of hydrogen-bond acceptors (Lipinski definition) is 9. The highest BCUT2D eigenvalue weighted by molar-refractivity contribution is 7.91. The zero-order valence-corrected chi connectivity index (χ0v) is 17.4. The van der Waals surface area contributed by atoms with Gasteiger partial charge in [-0.15, -0.1) is 0 Å². The van der Waals surface area contributed by atoms with E-state index in [9.17, 15) is 41.7 Å².